The van der Waals surface area contributed by atoms with Crippen molar-refractivity contribution in [3.8, 4) is 28.5 Å². The van der Waals surface area contributed by atoms with Crippen molar-refractivity contribution in [1.82, 2.24) is 9.78 Å². The zero-order valence-electron chi connectivity index (χ0n) is 20.1. The number of nitrogens with two attached hydrogens (primary N) is 1. The highest BCUT2D eigenvalue weighted by Gasteiger charge is 2.42. The molecule has 1 amide bonds. The molecule has 0 unspecified atom stereocenters. The van der Waals surface area contributed by atoms with E-state index in [9.17, 15) is 22.8 Å². The van der Waals surface area contributed by atoms with Gasteiger partial charge in [-0.05, 0) is 44.2 Å². The van der Waals surface area contributed by atoms with Crippen LogP contribution in [0.25, 0.3) is 11.3 Å². The summed E-state index contributed by atoms with van der Waals surface area (Å²) in [6, 6.07) is 8.28. The monoisotopic (exact) mass is 540 g/mol. The molecule has 3 rings (SSSR count). The summed E-state index contributed by atoms with van der Waals surface area (Å²) in [4.78, 5) is 24.6. The van der Waals surface area contributed by atoms with Gasteiger partial charge in [-0.15, -0.1) is 0 Å². The van der Waals surface area contributed by atoms with E-state index in [1.54, 1.807) is 33.0 Å². The molecule has 3 N–H and O–H groups in total. The van der Waals surface area contributed by atoms with Gasteiger partial charge >= 0.3 is 12.1 Å². The lowest BCUT2D eigenvalue weighted by atomic mass is 10.1. The zero-order valence-corrected chi connectivity index (χ0v) is 20.8. The van der Waals surface area contributed by atoms with E-state index in [2.05, 4.69) is 15.2 Å². The van der Waals surface area contributed by atoms with Crippen molar-refractivity contribution in [3.05, 3.63) is 53.2 Å². The van der Waals surface area contributed by atoms with Crippen molar-refractivity contribution in [1.29, 1.82) is 0 Å². The molecule has 0 saturated heterocycles. The van der Waals surface area contributed by atoms with Crippen LogP contribution in [-0.4, -0.2) is 47.1 Å². The smallest absolute Gasteiger partial charge is 0.491 e. The van der Waals surface area contributed by atoms with Gasteiger partial charge in [0.15, 0.2) is 0 Å². The average molecular weight is 541 g/mol. The van der Waals surface area contributed by atoms with Crippen LogP contribution in [0.5, 0.6) is 17.2 Å². The van der Waals surface area contributed by atoms with Gasteiger partial charge in [0, 0.05) is 30.9 Å². The lowest BCUT2D eigenvalue weighted by Crippen LogP contribution is -2.29. The second-order valence-electron chi connectivity index (χ2n) is 7.98. The van der Waals surface area contributed by atoms with Gasteiger partial charge in [0.1, 0.15) is 23.9 Å². The maximum atomic E-state index is 13.1. The van der Waals surface area contributed by atoms with Gasteiger partial charge in [-0.1, -0.05) is 11.6 Å². The molecule has 0 fully saturated rings. The number of nitrogens with one attached hydrogen (secondary N) is 1. The summed E-state index contributed by atoms with van der Waals surface area (Å²) in [5, 5.41) is 7.02. The molecule has 13 heteroatoms. The summed E-state index contributed by atoms with van der Waals surface area (Å²) in [5.41, 5.74) is 6.46. The van der Waals surface area contributed by atoms with Gasteiger partial charge in [0.05, 0.1) is 28.6 Å². The number of ether oxygens (including phenoxy) is 3. The first-order chi connectivity index (χ1) is 17.4. The number of esters is 1. The van der Waals surface area contributed by atoms with Crippen LogP contribution >= 0.6 is 11.6 Å². The van der Waals surface area contributed by atoms with Gasteiger partial charge < -0.3 is 25.3 Å². The third-order valence-corrected chi connectivity index (χ3v) is 5.04. The van der Waals surface area contributed by atoms with E-state index in [-0.39, 0.29) is 36.3 Å². The van der Waals surface area contributed by atoms with Crippen molar-refractivity contribution in [2.75, 3.05) is 18.5 Å². The van der Waals surface area contributed by atoms with Gasteiger partial charge in [0.2, 0.25) is 0 Å². The van der Waals surface area contributed by atoms with Gasteiger partial charge in [-0.2, -0.15) is 18.3 Å². The fraction of sp³-hybridized carbons (Fsp3) is 0.292. The Morgan fingerprint density at radius 3 is 2.49 bits per heavy atom. The summed E-state index contributed by atoms with van der Waals surface area (Å²) < 4.78 is 55.7. The fourth-order valence-electron chi connectivity index (χ4n) is 3.28. The quantitative estimate of drug-likeness (QED) is 0.301. The van der Waals surface area contributed by atoms with Crippen LogP contribution < -0.4 is 25.3 Å². The molecule has 0 radical (unpaired) electrons. The fourth-order valence-corrected chi connectivity index (χ4v) is 3.55. The first kappa shape index (κ1) is 27.8. The van der Waals surface area contributed by atoms with Crippen molar-refractivity contribution in [2.24, 2.45) is 12.8 Å². The number of aryl methyl sites for hydroxylation is 1. The summed E-state index contributed by atoms with van der Waals surface area (Å²) in [6.45, 7) is 3.88. The van der Waals surface area contributed by atoms with E-state index in [0.717, 1.165) is 6.07 Å². The predicted octanol–water partition coefficient (Wildman–Crippen LogP) is 4.59. The Kier molecular flexibility index (Phi) is 8.66. The molecule has 37 heavy (non-hydrogen) atoms. The number of carbonyl (C=O) groups is 2. The Morgan fingerprint density at radius 2 is 1.89 bits per heavy atom. The molecular formula is C24H24ClF3N4O5. The minimum absolute atomic E-state index is 0.117. The molecule has 0 aliphatic heterocycles. The molecule has 0 spiro atoms. The van der Waals surface area contributed by atoms with Gasteiger partial charge in [-0.3, -0.25) is 9.48 Å². The van der Waals surface area contributed by atoms with E-state index >= 15 is 0 Å². The minimum atomic E-state index is -5.26. The van der Waals surface area contributed by atoms with Crippen LogP contribution in [0.15, 0.2) is 42.6 Å². The number of benzene rings is 2. The van der Waals surface area contributed by atoms with E-state index < -0.39 is 23.8 Å². The lowest BCUT2D eigenvalue weighted by Gasteiger charge is -2.16. The second-order valence-corrected chi connectivity index (χ2v) is 8.39. The largest absolute Gasteiger partial charge is 0.492 e. The number of anilines is 1. The SMILES string of the molecule is CC(C)Oc1ccc(C(=O)Nc2ccc(OCCN)c(-c3c(Cl)cnn3C)c2)c(OC(=O)C(F)(F)F)c1. The van der Waals surface area contributed by atoms with Gasteiger partial charge in [0.25, 0.3) is 5.91 Å². The molecule has 1 aromatic heterocycles. The Bertz CT molecular complexity index is 1270. The maximum absolute atomic E-state index is 13.1. The average Bonchev–Trinajstić information content (AvgIpc) is 3.14. The first-order valence-electron chi connectivity index (χ1n) is 11.0. The molecular weight excluding hydrogens is 517 g/mol. The number of aromatic nitrogens is 2. The molecule has 198 valence electrons. The Balaban J connectivity index is 1.98. The summed E-state index contributed by atoms with van der Waals surface area (Å²) in [5.74, 6) is -3.39. The van der Waals surface area contributed by atoms with E-state index in [0.29, 0.717) is 22.0 Å². The van der Waals surface area contributed by atoms with Crippen LogP contribution in [0.4, 0.5) is 18.9 Å². The highest BCUT2D eigenvalue weighted by atomic mass is 35.5. The van der Waals surface area contributed by atoms with Crippen molar-refractivity contribution >= 4 is 29.2 Å². The molecule has 2 aromatic carbocycles. The number of rotatable bonds is 9. The highest BCUT2D eigenvalue weighted by Crippen LogP contribution is 2.37. The number of nitrogens with zero attached hydrogens (tertiary/aromatic N) is 2. The molecule has 0 aliphatic rings. The molecule has 1 heterocycles. The van der Waals surface area contributed by atoms with Crippen LogP contribution in [-0.2, 0) is 11.8 Å². The van der Waals surface area contributed by atoms with Crippen LogP contribution in [0.3, 0.4) is 0 Å². The van der Waals surface area contributed by atoms with Crippen molar-refractivity contribution in [2.45, 2.75) is 26.1 Å². The summed E-state index contributed by atoms with van der Waals surface area (Å²) in [7, 11) is 1.67. The molecule has 0 bridgehead atoms. The normalized spacial score (nSPS) is 11.4. The highest BCUT2D eigenvalue weighted by molar-refractivity contribution is 6.33. The third kappa shape index (κ3) is 6.92. The number of halogens is 4. The van der Waals surface area contributed by atoms with Crippen LogP contribution in [0, 0.1) is 0 Å². The number of alkyl halides is 3. The molecule has 9 nitrogen and oxygen atoms in total. The van der Waals surface area contributed by atoms with Crippen molar-refractivity contribution < 1.29 is 37.0 Å². The zero-order chi connectivity index (χ0) is 27.3. The second kappa shape index (κ2) is 11.5. The van der Waals surface area contributed by atoms with Crippen LogP contribution in [0.1, 0.15) is 24.2 Å². The number of amides is 1. The van der Waals surface area contributed by atoms with Gasteiger partial charge in [-0.25, -0.2) is 4.79 Å². The number of carbonyl (C=O) groups excluding carboxylic acids is 2. The first-order valence-corrected chi connectivity index (χ1v) is 11.3. The standard InChI is InChI=1S/C24H24ClF3N4O5/c1-13(2)36-15-5-6-16(20(11-15)37-23(34)24(26,27)28)22(33)31-14-4-7-19(35-9-8-29)17(10-14)21-18(25)12-30-32(21)3/h4-7,10-13H,8-9,29H2,1-3H3,(H,31,33). The van der Waals surface area contributed by atoms with Crippen molar-refractivity contribution in [3.63, 3.8) is 0 Å². The van der Waals surface area contributed by atoms with E-state index in [1.165, 1.54) is 29.1 Å². The Morgan fingerprint density at radius 1 is 1.16 bits per heavy atom. The Hall–Kier alpha value is -3.77. The topological polar surface area (TPSA) is 118 Å². The summed E-state index contributed by atoms with van der Waals surface area (Å²) >= 11 is 6.29. The third-order valence-electron chi connectivity index (χ3n) is 4.77. The Labute approximate surface area is 215 Å². The van der Waals surface area contributed by atoms with Crippen LogP contribution in [0.2, 0.25) is 5.02 Å². The molecule has 0 aliphatic carbocycles. The molecule has 3 aromatic rings. The predicted molar refractivity (Wildman–Crippen MR) is 130 cm³/mol. The summed E-state index contributed by atoms with van der Waals surface area (Å²) in [6.07, 6.45) is -4.14. The maximum Gasteiger partial charge on any atom is 0.491 e. The molecule has 0 atom stereocenters. The number of hydrogen-bond acceptors (Lipinski definition) is 7. The molecule has 0 saturated carbocycles. The van der Waals surface area contributed by atoms with E-state index in [4.69, 9.17) is 26.8 Å². The number of hydrogen-bond donors (Lipinski definition) is 2. The lowest BCUT2D eigenvalue weighted by molar-refractivity contribution is -0.189. The van der Waals surface area contributed by atoms with E-state index in [1.807, 2.05) is 0 Å². The minimum Gasteiger partial charge on any atom is -0.492 e.